The molecule has 108 valence electrons. The second kappa shape index (κ2) is 7.25. The minimum Gasteiger partial charge on any atom is -0.316 e. The van der Waals surface area contributed by atoms with Crippen molar-refractivity contribution in [1.29, 1.82) is 0 Å². The zero-order valence-electron chi connectivity index (χ0n) is 12.4. The lowest BCUT2D eigenvalue weighted by Crippen LogP contribution is -2.35. The van der Waals surface area contributed by atoms with Crippen LogP contribution in [0.25, 0.3) is 0 Å². The number of hydrogen-bond donors (Lipinski definition) is 1. The van der Waals surface area contributed by atoms with Crippen LogP contribution >= 0.6 is 11.6 Å². The molecule has 0 aliphatic heterocycles. The molecular weight excluding hydrogens is 261 g/mol. The number of benzene rings is 1. The molecular formula is C16H25ClFN. The van der Waals surface area contributed by atoms with Gasteiger partial charge in [-0.1, -0.05) is 39.3 Å². The lowest BCUT2D eigenvalue weighted by atomic mass is 9.81. The van der Waals surface area contributed by atoms with Gasteiger partial charge in [-0.3, -0.25) is 0 Å². The molecule has 0 fully saturated rings. The minimum atomic E-state index is -0.215. The molecule has 1 N–H and O–H groups in total. The van der Waals surface area contributed by atoms with Crippen molar-refractivity contribution in [1.82, 2.24) is 5.32 Å². The van der Waals surface area contributed by atoms with Crippen molar-refractivity contribution in [3.8, 4) is 0 Å². The van der Waals surface area contributed by atoms with E-state index in [-0.39, 0.29) is 11.2 Å². The SMILES string of the molecule is CCC(C)(CNCC(C)C)Cc1cc(F)ccc1Cl. The van der Waals surface area contributed by atoms with Crippen molar-refractivity contribution in [3.63, 3.8) is 0 Å². The number of nitrogens with one attached hydrogen (secondary N) is 1. The molecule has 1 nitrogen and oxygen atoms in total. The Bertz CT molecular complexity index is 406. The maximum atomic E-state index is 13.3. The molecule has 1 aromatic carbocycles. The van der Waals surface area contributed by atoms with Crippen LogP contribution in [0.1, 0.15) is 39.7 Å². The summed E-state index contributed by atoms with van der Waals surface area (Å²) in [6.45, 7) is 10.7. The van der Waals surface area contributed by atoms with E-state index in [1.165, 1.54) is 6.07 Å². The van der Waals surface area contributed by atoms with Crippen molar-refractivity contribution < 1.29 is 4.39 Å². The summed E-state index contributed by atoms with van der Waals surface area (Å²) < 4.78 is 13.3. The van der Waals surface area contributed by atoms with E-state index in [2.05, 4.69) is 33.0 Å². The largest absolute Gasteiger partial charge is 0.316 e. The standard InChI is InChI=1S/C16H25ClFN/c1-5-16(4,11-19-10-12(2)3)9-13-8-14(18)6-7-15(13)17/h6-8,12,19H,5,9-11H2,1-4H3. The molecule has 0 bridgehead atoms. The first-order valence-corrected chi connectivity index (χ1v) is 7.39. The Morgan fingerprint density at radius 3 is 2.63 bits per heavy atom. The maximum Gasteiger partial charge on any atom is 0.123 e. The average Bonchev–Trinajstić information content (AvgIpc) is 2.33. The van der Waals surface area contributed by atoms with Gasteiger partial charge in [0.25, 0.3) is 0 Å². The smallest absolute Gasteiger partial charge is 0.123 e. The van der Waals surface area contributed by atoms with Crippen molar-refractivity contribution >= 4 is 11.6 Å². The van der Waals surface area contributed by atoms with Gasteiger partial charge in [0.2, 0.25) is 0 Å². The van der Waals surface area contributed by atoms with Crippen LogP contribution in [-0.4, -0.2) is 13.1 Å². The van der Waals surface area contributed by atoms with Crippen LogP contribution in [0.4, 0.5) is 4.39 Å². The predicted molar refractivity (Wildman–Crippen MR) is 81.2 cm³/mol. The molecule has 1 unspecified atom stereocenters. The molecule has 0 spiro atoms. The van der Waals surface area contributed by atoms with Crippen LogP contribution < -0.4 is 5.32 Å². The fraction of sp³-hybridized carbons (Fsp3) is 0.625. The predicted octanol–water partition coefficient (Wildman–Crippen LogP) is 4.68. The molecule has 0 aliphatic carbocycles. The summed E-state index contributed by atoms with van der Waals surface area (Å²) >= 11 is 6.16. The third-order valence-corrected chi connectivity index (χ3v) is 3.95. The quantitative estimate of drug-likeness (QED) is 0.767. The summed E-state index contributed by atoms with van der Waals surface area (Å²) in [7, 11) is 0. The van der Waals surface area contributed by atoms with Gasteiger partial charge in [-0.25, -0.2) is 4.39 Å². The summed E-state index contributed by atoms with van der Waals surface area (Å²) in [6.07, 6.45) is 1.83. The minimum absolute atomic E-state index is 0.103. The van der Waals surface area contributed by atoms with Gasteiger partial charge in [-0.05, 0) is 54.5 Å². The Morgan fingerprint density at radius 1 is 1.37 bits per heavy atom. The second-order valence-electron chi connectivity index (χ2n) is 6.10. The third-order valence-electron chi connectivity index (χ3n) is 3.58. The summed E-state index contributed by atoms with van der Waals surface area (Å²) in [5.41, 5.74) is 1.00. The van der Waals surface area contributed by atoms with Crippen LogP contribution in [0.5, 0.6) is 0 Å². The molecule has 19 heavy (non-hydrogen) atoms. The first-order chi connectivity index (χ1) is 8.86. The van der Waals surface area contributed by atoms with E-state index in [0.29, 0.717) is 10.9 Å². The normalized spacial score (nSPS) is 14.7. The molecule has 1 atom stereocenters. The summed E-state index contributed by atoms with van der Waals surface area (Å²) in [6, 6.07) is 4.61. The first kappa shape index (κ1) is 16.5. The first-order valence-electron chi connectivity index (χ1n) is 7.01. The van der Waals surface area contributed by atoms with Crippen molar-refractivity contribution in [2.45, 2.75) is 40.5 Å². The van der Waals surface area contributed by atoms with Crippen LogP contribution in [0.3, 0.4) is 0 Å². The van der Waals surface area contributed by atoms with Crippen LogP contribution in [0, 0.1) is 17.2 Å². The van der Waals surface area contributed by atoms with Crippen molar-refractivity contribution in [2.24, 2.45) is 11.3 Å². The van der Waals surface area contributed by atoms with Gasteiger partial charge in [-0.15, -0.1) is 0 Å². The van der Waals surface area contributed by atoms with E-state index in [1.54, 1.807) is 12.1 Å². The molecule has 0 saturated heterocycles. The molecule has 0 amide bonds. The van der Waals surface area contributed by atoms with Crippen molar-refractivity contribution in [3.05, 3.63) is 34.6 Å². The fourth-order valence-electron chi connectivity index (χ4n) is 2.11. The molecule has 0 heterocycles. The van der Waals surface area contributed by atoms with Gasteiger partial charge < -0.3 is 5.32 Å². The molecule has 3 heteroatoms. The van der Waals surface area contributed by atoms with E-state index in [1.807, 2.05) is 0 Å². The van der Waals surface area contributed by atoms with Gasteiger partial charge in [0.15, 0.2) is 0 Å². The Hall–Kier alpha value is -0.600. The van der Waals surface area contributed by atoms with Gasteiger partial charge >= 0.3 is 0 Å². The fourth-order valence-corrected chi connectivity index (χ4v) is 2.30. The highest BCUT2D eigenvalue weighted by atomic mass is 35.5. The Kier molecular flexibility index (Phi) is 6.28. The molecule has 0 radical (unpaired) electrons. The number of halogens is 2. The number of rotatable bonds is 7. The van der Waals surface area contributed by atoms with E-state index in [0.717, 1.165) is 31.5 Å². The third kappa shape index (κ3) is 5.50. The van der Waals surface area contributed by atoms with E-state index >= 15 is 0 Å². The monoisotopic (exact) mass is 285 g/mol. The summed E-state index contributed by atoms with van der Waals surface area (Å²) in [5, 5.41) is 4.15. The van der Waals surface area contributed by atoms with Crippen LogP contribution in [0.15, 0.2) is 18.2 Å². The van der Waals surface area contributed by atoms with E-state index in [9.17, 15) is 4.39 Å². The lowest BCUT2D eigenvalue weighted by molar-refractivity contribution is 0.285. The Morgan fingerprint density at radius 2 is 2.05 bits per heavy atom. The van der Waals surface area contributed by atoms with Gasteiger partial charge in [-0.2, -0.15) is 0 Å². The highest BCUT2D eigenvalue weighted by molar-refractivity contribution is 6.31. The lowest BCUT2D eigenvalue weighted by Gasteiger charge is -2.29. The molecule has 1 rings (SSSR count). The molecule has 0 aromatic heterocycles. The maximum absolute atomic E-state index is 13.3. The van der Waals surface area contributed by atoms with Gasteiger partial charge in [0.1, 0.15) is 5.82 Å². The molecule has 0 aliphatic rings. The molecule has 0 saturated carbocycles. The topological polar surface area (TPSA) is 12.0 Å². The zero-order valence-corrected chi connectivity index (χ0v) is 13.1. The zero-order chi connectivity index (χ0) is 14.5. The Labute approximate surface area is 121 Å². The summed E-state index contributed by atoms with van der Waals surface area (Å²) in [5.74, 6) is 0.423. The average molecular weight is 286 g/mol. The Balaban J connectivity index is 2.71. The van der Waals surface area contributed by atoms with Gasteiger partial charge in [0, 0.05) is 11.6 Å². The van der Waals surface area contributed by atoms with Gasteiger partial charge in [0.05, 0.1) is 0 Å². The van der Waals surface area contributed by atoms with E-state index in [4.69, 9.17) is 11.6 Å². The van der Waals surface area contributed by atoms with E-state index < -0.39 is 0 Å². The van der Waals surface area contributed by atoms with Crippen LogP contribution in [0.2, 0.25) is 5.02 Å². The van der Waals surface area contributed by atoms with Crippen LogP contribution in [-0.2, 0) is 6.42 Å². The summed E-state index contributed by atoms with van der Waals surface area (Å²) in [4.78, 5) is 0. The molecule has 1 aromatic rings. The number of hydrogen-bond acceptors (Lipinski definition) is 1. The highest BCUT2D eigenvalue weighted by Gasteiger charge is 2.23. The highest BCUT2D eigenvalue weighted by Crippen LogP contribution is 2.29. The second-order valence-corrected chi connectivity index (χ2v) is 6.51. The van der Waals surface area contributed by atoms with Crippen molar-refractivity contribution in [2.75, 3.05) is 13.1 Å².